The van der Waals surface area contributed by atoms with E-state index >= 15 is 0 Å². The van der Waals surface area contributed by atoms with Crippen molar-refractivity contribution in [2.24, 2.45) is 0 Å². The molecule has 0 saturated heterocycles. The number of ether oxygens (including phenoxy) is 3. The van der Waals surface area contributed by atoms with E-state index in [0.717, 1.165) is 65.5 Å². The molecule has 0 amide bonds. The zero-order valence-corrected chi connectivity index (χ0v) is 50.2. The highest BCUT2D eigenvalue weighted by Crippen LogP contribution is 2.31. The van der Waals surface area contributed by atoms with E-state index in [4.69, 9.17) is 64.8 Å². The van der Waals surface area contributed by atoms with Crippen LogP contribution in [0.4, 0.5) is 75.1 Å². The number of nitrogens with zero attached hydrogens (tertiary/aromatic N) is 8. The Morgan fingerprint density at radius 2 is 0.905 bits per heavy atom. The Balaban J connectivity index is 0.000000213. The van der Waals surface area contributed by atoms with E-state index in [0.29, 0.717) is 36.8 Å². The molecule has 2 heterocycles. The van der Waals surface area contributed by atoms with Crippen molar-refractivity contribution in [3.8, 4) is 17.2 Å². The van der Waals surface area contributed by atoms with Gasteiger partial charge in [0.2, 0.25) is 33.2 Å². The maximum absolute atomic E-state index is 14.3. The molecule has 0 unspecified atom stereocenters. The van der Waals surface area contributed by atoms with Crippen LogP contribution < -0.4 is 30.7 Å². The van der Waals surface area contributed by atoms with E-state index in [2.05, 4.69) is 25.3 Å². The van der Waals surface area contributed by atoms with Crippen LogP contribution in [-0.2, 0) is 26.0 Å². The summed E-state index contributed by atoms with van der Waals surface area (Å²) in [5.74, 6) is -3.12. The van der Waals surface area contributed by atoms with Crippen molar-refractivity contribution in [2.45, 2.75) is 26.0 Å². The van der Waals surface area contributed by atoms with Crippen molar-refractivity contribution in [1.29, 1.82) is 0 Å². The molecule has 0 fully saturated rings. The van der Waals surface area contributed by atoms with Gasteiger partial charge in [-0.15, -0.1) is 0 Å². The summed E-state index contributed by atoms with van der Waals surface area (Å²) in [7, 11) is -1.87. The van der Waals surface area contributed by atoms with Gasteiger partial charge in [0.05, 0.1) is 36.6 Å². The number of hydrogen-bond donors (Lipinski definition) is 4. The third kappa shape index (κ3) is 25.4. The Kier molecular flexibility index (Phi) is 28.8. The van der Waals surface area contributed by atoms with Gasteiger partial charge in [-0.25, -0.2) is 23.1 Å². The van der Waals surface area contributed by atoms with Crippen LogP contribution in [0.5, 0.6) is 17.2 Å². The van der Waals surface area contributed by atoms with Crippen molar-refractivity contribution in [3.63, 3.8) is 0 Å². The molecule has 0 aliphatic rings. The SMILES string of the molecule is Nc1ccc(OCc2ccccc2)cc1F.O=[N+]([O-])c1ccc(F)cc1F.O=[N+]([O-])c1ccc(OCc2ccccc2)cc1F.O=[N+]([O-])c1cnc(Cl)nc1Cl.O=[N+]([O-])c1cnc(Cl)nc1Nc1ccc(OCc2ccccc2)cc1F.OB(O)c1cccc(C(F)(F)F)c1. The average molecular weight is 1380 g/mol. The van der Waals surface area contributed by atoms with Gasteiger partial charge < -0.3 is 35.3 Å². The van der Waals surface area contributed by atoms with Gasteiger partial charge in [0.15, 0.2) is 0 Å². The largest absolute Gasteiger partial charge is 0.489 e. The Morgan fingerprint density at radius 1 is 0.484 bits per heavy atom. The summed E-state index contributed by atoms with van der Waals surface area (Å²) in [6.45, 7) is 1.00. The van der Waals surface area contributed by atoms with Crippen molar-refractivity contribution in [1.82, 2.24) is 19.9 Å². The Morgan fingerprint density at radius 3 is 1.33 bits per heavy atom. The number of anilines is 3. The van der Waals surface area contributed by atoms with Crippen molar-refractivity contribution >= 4 is 87.3 Å². The van der Waals surface area contributed by atoms with Crippen LogP contribution in [0.15, 0.2) is 200 Å². The average Bonchev–Trinajstić information content (AvgIpc) is 0.919. The minimum Gasteiger partial charge on any atom is -0.489 e. The zero-order chi connectivity index (χ0) is 69.8. The fourth-order valence-electron chi connectivity index (χ4n) is 6.90. The Bertz CT molecular complexity index is 4160. The first kappa shape index (κ1) is 74.5. The molecule has 0 atom stereocenters. The lowest BCUT2D eigenvalue weighted by molar-refractivity contribution is -0.387. The molecule has 0 aliphatic carbocycles. The van der Waals surface area contributed by atoms with Gasteiger partial charge in [-0.05, 0) is 81.8 Å². The van der Waals surface area contributed by atoms with Crippen LogP contribution in [0.2, 0.25) is 15.7 Å². The number of nitrogens with one attached hydrogen (secondary N) is 1. The van der Waals surface area contributed by atoms with Crippen LogP contribution in [0, 0.1) is 69.5 Å². The first-order valence-corrected chi connectivity index (χ1v) is 27.4. The van der Waals surface area contributed by atoms with Crippen LogP contribution in [0.25, 0.3) is 0 Å². The minimum atomic E-state index is -4.45. The molecular formula is C60H44BCl3F8N10O13. The molecule has 5 N–H and O–H groups in total. The molecule has 0 radical (unpaired) electrons. The summed E-state index contributed by atoms with van der Waals surface area (Å²) in [5, 5.41) is 60.8. The van der Waals surface area contributed by atoms with E-state index in [-0.39, 0.29) is 56.4 Å². The molecule has 2 aromatic heterocycles. The zero-order valence-electron chi connectivity index (χ0n) is 47.9. The second kappa shape index (κ2) is 36.8. The number of nitrogens with two attached hydrogens (primary N) is 1. The highest BCUT2D eigenvalue weighted by atomic mass is 35.5. The topological polar surface area (TPSA) is 330 Å². The molecule has 35 heteroatoms. The number of nitro groups is 4. The summed E-state index contributed by atoms with van der Waals surface area (Å²) < 4.78 is 118. The normalized spacial score (nSPS) is 10.2. The van der Waals surface area contributed by atoms with Crippen LogP contribution in [-0.4, -0.2) is 56.8 Å². The van der Waals surface area contributed by atoms with E-state index in [9.17, 15) is 75.6 Å². The number of aromatic nitrogens is 4. The quantitative estimate of drug-likeness (QED) is 0.0133. The highest BCUT2D eigenvalue weighted by Gasteiger charge is 2.31. The van der Waals surface area contributed by atoms with Gasteiger partial charge in [0, 0.05) is 36.4 Å². The minimum absolute atomic E-state index is 0.00470. The second-order valence-electron chi connectivity index (χ2n) is 18.2. The molecule has 23 nitrogen and oxygen atoms in total. The highest BCUT2D eigenvalue weighted by molar-refractivity contribution is 6.58. The number of benzene rings is 8. The molecule has 10 rings (SSSR count). The van der Waals surface area contributed by atoms with E-state index in [1.54, 1.807) is 12.1 Å². The molecule has 0 spiro atoms. The van der Waals surface area contributed by atoms with Crippen LogP contribution in [0.3, 0.4) is 0 Å². The number of nitrogen functional groups attached to an aromatic ring is 1. The van der Waals surface area contributed by atoms with Gasteiger partial charge in [-0.2, -0.15) is 31.9 Å². The molecule has 0 saturated carbocycles. The van der Waals surface area contributed by atoms with Crippen molar-refractivity contribution < 1.29 is 79.1 Å². The lowest BCUT2D eigenvalue weighted by atomic mass is 9.79. The van der Waals surface area contributed by atoms with E-state index in [1.165, 1.54) is 36.4 Å². The fraction of sp³-hybridized carbons (Fsp3) is 0.0667. The molecular weight excluding hydrogens is 1340 g/mol. The lowest BCUT2D eigenvalue weighted by Crippen LogP contribution is -2.30. The summed E-state index contributed by atoms with van der Waals surface area (Å²) in [5.41, 5.74) is 5.32. The maximum Gasteiger partial charge on any atom is 0.488 e. The van der Waals surface area contributed by atoms with Crippen LogP contribution in [0.1, 0.15) is 22.3 Å². The Labute approximate surface area is 546 Å². The predicted octanol–water partition coefficient (Wildman–Crippen LogP) is 14.7. The van der Waals surface area contributed by atoms with Gasteiger partial charge in [0.1, 0.15) is 66.9 Å². The van der Waals surface area contributed by atoms with Crippen molar-refractivity contribution in [2.75, 3.05) is 11.1 Å². The van der Waals surface area contributed by atoms with E-state index in [1.807, 2.05) is 91.0 Å². The standard InChI is InChI=1S/C17H12ClFN4O3.C13H10FNO3.C13H12FNO.C7H6BF3O2.C6H3F2NO2.C4HCl2N3O2/c18-17-20-9-15(23(24)25)16(22-17)21-14-7-6-12(8-13(14)19)26-10-11-4-2-1-3-5-11;14-12-8-11(6-7-13(12)15(16)17)18-9-10-4-2-1-3-5-10;14-12-8-11(6-7-13(12)15)16-9-10-4-2-1-3-5-10;9-7(10,11)5-2-1-3-6(4-5)8(12)13;7-4-1-2-6(9(10)11)5(8)3-4;5-3-2(9(10)11)1-7-4(6)8-3/h1-9H,10H2,(H,20,21,22);1-8H,9H2;1-8H,9,15H2;1-4,12-13H;1-3H;1H. The summed E-state index contributed by atoms with van der Waals surface area (Å²) in [6, 6.07) is 46.6. The third-order valence-electron chi connectivity index (χ3n) is 11.5. The van der Waals surface area contributed by atoms with Gasteiger partial charge in [-0.3, -0.25) is 40.5 Å². The molecule has 8 aromatic carbocycles. The van der Waals surface area contributed by atoms with E-state index < -0.39 is 84.7 Å². The molecule has 95 heavy (non-hydrogen) atoms. The van der Waals surface area contributed by atoms with Gasteiger partial charge in [-0.1, -0.05) is 127 Å². The summed E-state index contributed by atoms with van der Waals surface area (Å²) >= 11 is 16.3. The predicted molar refractivity (Wildman–Crippen MR) is 333 cm³/mol. The molecule has 492 valence electrons. The first-order chi connectivity index (χ1) is 45.1. The summed E-state index contributed by atoms with van der Waals surface area (Å²) in [6.07, 6.45) is -2.55. The number of rotatable bonds is 16. The molecule has 0 aliphatic heterocycles. The molecule has 10 aromatic rings. The third-order valence-corrected chi connectivity index (χ3v) is 12.1. The number of halogens is 11. The second-order valence-corrected chi connectivity index (χ2v) is 19.2. The number of nitro benzene ring substituents is 2. The van der Waals surface area contributed by atoms with Crippen molar-refractivity contribution in [3.05, 3.63) is 308 Å². The smallest absolute Gasteiger partial charge is 0.488 e. The fourth-order valence-corrected chi connectivity index (χ4v) is 7.41. The monoisotopic (exact) mass is 1380 g/mol. The Hall–Kier alpha value is -11.2. The van der Waals surface area contributed by atoms with Gasteiger partial charge in [0.25, 0.3) is 0 Å². The lowest BCUT2D eigenvalue weighted by Gasteiger charge is -2.10. The summed E-state index contributed by atoms with van der Waals surface area (Å²) in [4.78, 5) is 52.6. The maximum atomic E-state index is 14.3. The first-order valence-electron chi connectivity index (χ1n) is 26.3. The number of hydrogen-bond acceptors (Lipinski definition) is 19. The molecule has 0 bridgehead atoms. The van der Waals surface area contributed by atoms with Crippen LogP contribution >= 0.6 is 34.8 Å². The number of alkyl halides is 3. The van der Waals surface area contributed by atoms with Gasteiger partial charge >= 0.3 is 36.0 Å².